The third-order valence-electron chi connectivity index (χ3n) is 0.915. The molecule has 0 radical (unpaired) electrons. The number of nitrogens with zero attached hydrogens (tertiary/aromatic N) is 1. The second kappa shape index (κ2) is 2.91. The van der Waals surface area contributed by atoms with Gasteiger partial charge >= 0.3 is 0 Å². The molecule has 1 aromatic rings. The number of hydrogen-bond donors (Lipinski definition) is 0. The van der Waals surface area contributed by atoms with Crippen LogP contribution in [-0.4, -0.2) is 11.3 Å². The van der Waals surface area contributed by atoms with Gasteiger partial charge in [-0.05, 0) is 34.7 Å². The van der Waals surface area contributed by atoms with Gasteiger partial charge in [-0.15, -0.1) is 0 Å². The molecule has 0 fully saturated rings. The van der Waals surface area contributed by atoms with Gasteiger partial charge in [-0.2, -0.15) is 0 Å². The summed E-state index contributed by atoms with van der Waals surface area (Å²) in [5.74, 6) is 0. The van der Waals surface area contributed by atoms with Crippen LogP contribution in [0.2, 0.25) is 0 Å². The van der Waals surface area contributed by atoms with E-state index in [1.807, 2.05) is 22.6 Å². The number of aldehydes is 1. The van der Waals surface area contributed by atoms with E-state index in [9.17, 15) is 4.79 Å². The van der Waals surface area contributed by atoms with Crippen LogP contribution in [-0.2, 0) is 0 Å². The lowest BCUT2D eigenvalue weighted by atomic mass is 10.3. The maximum atomic E-state index is 10.2. The zero-order valence-electron chi connectivity index (χ0n) is 4.54. The van der Waals surface area contributed by atoms with E-state index in [1.54, 1.807) is 18.3 Å². The highest BCUT2D eigenvalue weighted by Crippen LogP contribution is 2.03. The second-order valence-electron chi connectivity index (χ2n) is 1.50. The predicted molar refractivity (Wildman–Crippen MR) is 42.3 cm³/mol. The van der Waals surface area contributed by atoms with Gasteiger partial charge in [0.2, 0.25) is 0 Å². The predicted octanol–water partition coefficient (Wildman–Crippen LogP) is 1.50. The second-order valence-corrected chi connectivity index (χ2v) is 2.52. The van der Waals surface area contributed by atoms with E-state index >= 15 is 0 Å². The Morgan fingerprint density at radius 2 is 2.44 bits per heavy atom. The highest BCUT2D eigenvalue weighted by molar-refractivity contribution is 14.1. The normalized spacial score (nSPS) is 9.00. The van der Waals surface area contributed by atoms with Crippen molar-refractivity contribution in [3.05, 3.63) is 27.6 Å². The minimum absolute atomic E-state index is 0.651. The van der Waals surface area contributed by atoms with Crippen molar-refractivity contribution in [1.29, 1.82) is 0 Å². The molecule has 46 valence electrons. The van der Waals surface area contributed by atoms with Crippen LogP contribution in [0.1, 0.15) is 10.4 Å². The van der Waals surface area contributed by atoms with Crippen LogP contribution < -0.4 is 0 Å². The van der Waals surface area contributed by atoms with E-state index in [2.05, 4.69) is 4.98 Å². The van der Waals surface area contributed by atoms with E-state index in [0.29, 0.717) is 5.56 Å². The molecular formula is C6H4INO. The molecule has 1 heterocycles. The zero-order valence-corrected chi connectivity index (χ0v) is 6.70. The van der Waals surface area contributed by atoms with Crippen LogP contribution in [0.25, 0.3) is 0 Å². The lowest BCUT2D eigenvalue weighted by molar-refractivity contribution is 0.112. The number of pyridine rings is 1. The summed E-state index contributed by atoms with van der Waals surface area (Å²) in [6.07, 6.45) is 2.46. The van der Waals surface area contributed by atoms with Gasteiger partial charge in [-0.1, -0.05) is 0 Å². The van der Waals surface area contributed by atoms with E-state index in [0.717, 1.165) is 9.99 Å². The highest BCUT2D eigenvalue weighted by Gasteiger charge is 1.93. The van der Waals surface area contributed by atoms with E-state index in [1.165, 1.54) is 0 Å². The van der Waals surface area contributed by atoms with Gasteiger partial charge < -0.3 is 0 Å². The Labute approximate surface area is 66.4 Å². The molecular weight excluding hydrogens is 229 g/mol. The molecule has 9 heavy (non-hydrogen) atoms. The minimum Gasteiger partial charge on any atom is -0.298 e. The Hall–Kier alpha value is -0.450. The van der Waals surface area contributed by atoms with Crippen molar-refractivity contribution in [2.45, 2.75) is 0 Å². The molecule has 1 rings (SSSR count). The van der Waals surface area contributed by atoms with Crippen molar-refractivity contribution in [2.75, 3.05) is 0 Å². The number of carbonyl (C=O) groups excluding carboxylic acids is 1. The van der Waals surface area contributed by atoms with E-state index in [4.69, 9.17) is 0 Å². The maximum absolute atomic E-state index is 10.2. The van der Waals surface area contributed by atoms with E-state index < -0.39 is 0 Å². The maximum Gasteiger partial charge on any atom is 0.152 e. The third kappa shape index (κ3) is 1.48. The van der Waals surface area contributed by atoms with Gasteiger partial charge in [0, 0.05) is 11.8 Å². The molecule has 0 aliphatic carbocycles. The van der Waals surface area contributed by atoms with Crippen molar-refractivity contribution in [3.63, 3.8) is 0 Å². The number of aromatic nitrogens is 1. The van der Waals surface area contributed by atoms with Crippen LogP contribution in [0.5, 0.6) is 0 Å². The molecule has 0 aliphatic rings. The first-order valence-electron chi connectivity index (χ1n) is 2.40. The molecule has 1 aromatic heterocycles. The molecule has 0 aliphatic heterocycles. The quantitative estimate of drug-likeness (QED) is 0.418. The van der Waals surface area contributed by atoms with Crippen molar-refractivity contribution < 1.29 is 4.79 Å². The lowest BCUT2D eigenvalue weighted by Crippen LogP contribution is -1.86. The van der Waals surface area contributed by atoms with Crippen LogP contribution in [0.4, 0.5) is 0 Å². The van der Waals surface area contributed by atoms with Gasteiger partial charge in [0.15, 0.2) is 6.29 Å². The van der Waals surface area contributed by atoms with Gasteiger partial charge in [0.05, 0.1) is 0 Å². The summed E-state index contributed by atoms with van der Waals surface area (Å²) in [4.78, 5) is 14.1. The van der Waals surface area contributed by atoms with Crippen LogP contribution in [0, 0.1) is 3.70 Å². The minimum atomic E-state index is 0.651. The Bertz CT molecular complexity index is 224. The molecule has 0 aromatic carbocycles. The number of rotatable bonds is 1. The average Bonchev–Trinajstić information content (AvgIpc) is 1.89. The van der Waals surface area contributed by atoms with Gasteiger partial charge in [-0.25, -0.2) is 4.98 Å². The number of carbonyl (C=O) groups is 1. The summed E-state index contributed by atoms with van der Waals surface area (Å²) in [7, 11) is 0. The van der Waals surface area contributed by atoms with Crippen molar-refractivity contribution in [3.8, 4) is 0 Å². The summed E-state index contributed by atoms with van der Waals surface area (Å²) >= 11 is 2.02. The van der Waals surface area contributed by atoms with Gasteiger partial charge in [-0.3, -0.25) is 4.79 Å². The molecule has 0 atom stereocenters. The fraction of sp³-hybridized carbons (Fsp3) is 0. The molecule has 0 saturated heterocycles. The zero-order chi connectivity index (χ0) is 6.69. The molecule has 0 N–H and O–H groups in total. The molecule has 3 heteroatoms. The first-order chi connectivity index (χ1) is 4.34. The first-order valence-corrected chi connectivity index (χ1v) is 3.48. The van der Waals surface area contributed by atoms with Gasteiger partial charge in [0.25, 0.3) is 0 Å². The fourth-order valence-corrected chi connectivity index (χ4v) is 0.954. The first kappa shape index (κ1) is 6.67. The van der Waals surface area contributed by atoms with E-state index in [-0.39, 0.29) is 0 Å². The number of halogens is 1. The topological polar surface area (TPSA) is 30.0 Å². The smallest absolute Gasteiger partial charge is 0.152 e. The monoisotopic (exact) mass is 233 g/mol. The fourth-order valence-electron chi connectivity index (χ4n) is 0.486. The van der Waals surface area contributed by atoms with Crippen LogP contribution in [0.15, 0.2) is 18.3 Å². The molecule has 0 unspecified atom stereocenters. The number of hydrogen-bond acceptors (Lipinski definition) is 2. The summed E-state index contributed by atoms with van der Waals surface area (Å²) in [5, 5.41) is 0. The Morgan fingerprint density at radius 1 is 1.67 bits per heavy atom. The van der Waals surface area contributed by atoms with Crippen molar-refractivity contribution in [2.24, 2.45) is 0 Å². The molecule has 2 nitrogen and oxygen atoms in total. The van der Waals surface area contributed by atoms with Gasteiger partial charge in [0.1, 0.15) is 3.70 Å². The molecule has 0 saturated carbocycles. The summed E-state index contributed by atoms with van der Waals surface area (Å²) in [6, 6.07) is 3.48. The molecule has 0 bridgehead atoms. The van der Waals surface area contributed by atoms with Crippen molar-refractivity contribution in [1.82, 2.24) is 4.98 Å². The summed E-state index contributed by atoms with van der Waals surface area (Å²) < 4.78 is 0.755. The SMILES string of the molecule is O=Cc1cccnc1I. The largest absolute Gasteiger partial charge is 0.298 e. The Balaban J connectivity index is 3.15. The highest BCUT2D eigenvalue weighted by atomic mass is 127. The third-order valence-corrected chi connectivity index (χ3v) is 1.82. The summed E-state index contributed by atoms with van der Waals surface area (Å²) in [5.41, 5.74) is 0.651. The van der Waals surface area contributed by atoms with Crippen molar-refractivity contribution >= 4 is 28.9 Å². The van der Waals surface area contributed by atoms with Crippen LogP contribution >= 0.6 is 22.6 Å². The summed E-state index contributed by atoms with van der Waals surface area (Å²) in [6.45, 7) is 0. The average molecular weight is 233 g/mol. The lowest BCUT2D eigenvalue weighted by Gasteiger charge is -1.89. The molecule has 0 spiro atoms. The standard InChI is InChI=1S/C6H4INO/c7-6-5(4-9)2-1-3-8-6/h1-4H. The Kier molecular flexibility index (Phi) is 2.16. The van der Waals surface area contributed by atoms with Crippen LogP contribution in [0.3, 0.4) is 0 Å². The molecule has 0 amide bonds. The Morgan fingerprint density at radius 3 is 2.89 bits per heavy atom.